The number of H-pyrrole nitrogens is 2. The Bertz CT molecular complexity index is 1290. The fourth-order valence-corrected chi connectivity index (χ4v) is 5.10. The Labute approximate surface area is 165 Å². The molecule has 0 amide bonds. The van der Waals surface area contributed by atoms with Crippen molar-refractivity contribution in [2.45, 2.75) is 43.0 Å². The lowest BCUT2D eigenvalue weighted by molar-refractivity contribution is -0.137. The van der Waals surface area contributed by atoms with Crippen LogP contribution in [0.25, 0.3) is 21.8 Å². The largest absolute Gasteiger partial charge is 0.481 e. The third-order valence-electron chi connectivity index (χ3n) is 5.33. The lowest BCUT2D eigenvalue weighted by Crippen LogP contribution is -2.29. The molecule has 1 aliphatic carbocycles. The van der Waals surface area contributed by atoms with E-state index >= 15 is 0 Å². The van der Waals surface area contributed by atoms with E-state index in [1.807, 2.05) is 0 Å². The number of carboxylic acids is 1. The maximum atomic E-state index is 14.7. The van der Waals surface area contributed by atoms with E-state index < -0.39 is 32.3 Å². The molecular weight excluding hydrogens is 401 g/mol. The summed E-state index contributed by atoms with van der Waals surface area (Å²) < 4.78 is 41.7. The number of aromatic nitrogens is 2. The zero-order valence-electron chi connectivity index (χ0n) is 15.7. The first-order valence-corrected chi connectivity index (χ1v) is 10.7. The summed E-state index contributed by atoms with van der Waals surface area (Å²) in [5.74, 6) is -1.85. The van der Waals surface area contributed by atoms with E-state index in [9.17, 15) is 22.4 Å². The Kier molecular flexibility index (Phi) is 4.70. The molecule has 4 rings (SSSR count). The smallest absolute Gasteiger partial charge is 0.303 e. The minimum Gasteiger partial charge on any atom is -0.481 e. The van der Waals surface area contributed by atoms with Crippen LogP contribution in [0.3, 0.4) is 0 Å². The third kappa shape index (κ3) is 3.42. The summed E-state index contributed by atoms with van der Waals surface area (Å²) in [7, 11) is -2.59. The number of aryl methyl sites for hydroxylation is 1. The molecule has 2 aromatic heterocycles. The van der Waals surface area contributed by atoms with Crippen molar-refractivity contribution in [3.8, 4) is 0 Å². The minimum atomic E-state index is -4.02. The van der Waals surface area contributed by atoms with E-state index in [-0.39, 0.29) is 23.5 Å². The summed E-state index contributed by atoms with van der Waals surface area (Å²) in [5.41, 5.74) is 0.658. The molecule has 0 radical (unpaired) electrons. The number of carbonyl (C=O) groups is 1. The fraction of sp³-hybridized carbons (Fsp3) is 0.368. The van der Waals surface area contributed by atoms with Crippen molar-refractivity contribution < 1.29 is 22.7 Å². The van der Waals surface area contributed by atoms with Crippen molar-refractivity contribution in [3.63, 3.8) is 0 Å². The molecule has 0 saturated heterocycles. The van der Waals surface area contributed by atoms with Gasteiger partial charge in [-0.15, -0.1) is 0 Å². The van der Waals surface area contributed by atoms with Crippen LogP contribution in [-0.2, 0) is 21.2 Å². The number of pyridine rings is 1. The molecule has 29 heavy (non-hydrogen) atoms. The van der Waals surface area contributed by atoms with Crippen LogP contribution in [0.1, 0.15) is 31.2 Å². The van der Waals surface area contributed by atoms with Gasteiger partial charge in [-0.25, -0.2) is 12.8 Å². The Morgan fingerprint density at radius 1 is 1.34 bits per heavy atom. The molecule has 3 N–H and O–H groups in total. The molecule has 8 nitrogen and oxygen atoms in total. The summed E-state index contributed by atoms with van der Waals surface area (Å²) >= 11 is 0. The molecule has 0 bridgehead atoms. The number of nitrogens with one attached hydrogen (secondary N) is 2. The van der Waals surface area contributed by atoms with Gasteiger partial charge >= 0.3 is 5.97 Å². The number of hydrogen-bond donors (Lipinski definition) is 3. The van der Waals surface area contributed by atoms with Crippen molar-refractivity contribution in [2.75, 3.05) is 7.05 Å². The van der Waals surface area contributed by atoms with Crippen LogP contribution in [0, 0.1) is 5.82 Å². The van der Waals surface area contributed by atoms with Gasteiger partial charge in [-0.05, 0) is 43.4 Å². The van der Waals surface area contributed by atoms with Crippen molar-refractivity contribution in [3.05, 3.63) is 40.1 Å². The van der Waals surface area contributed by atoms with Gasteiger partial charge in [-0.1, -0.05) is 0 Å². The van der Waals surface area contributed by atoms with Crippen LogP contribution in [-0.4, -0.2) is 46.9 Å². The number of aliphatic carboxylic acids is 1. The zero-order chi connectivity index (χ0) is 20.9. The quantitative estimate of drug-likeness (QED) is 0.540. The van der Waals surface area contributed by atoms with Gasteiger partial charge in [0.2, 0.25) is 10.0 Å². The lowest BCUT2D eigenvalue weighted by Gasteiger charge is -2.17. The number of benzene rings is 1. The van der Waals surface area contributed by atoms with Crippen LogP contribution in [0.4, 0.5) is 4.39 Å². The number of carboxylic acid groups (broad SMARTS) is 1. The second-order valence-electron chi connectivity index (χ2n) is 7.35. The molecule has 0 aliphatic heterocycles. The predicted octanol–water partition coefficient (Wildman–Crippen LogP) is 2.34. The molecule has 0 spiro atoms. The van der Waals surface area contributed by atoms with Crippen LogP contribution in [0.2, 0.25) is 0 Å². The first-order chi connectivity index (χ1) is 13.7. The number of hydrogen-bond acceptors (Lipinski definition) is 4. The van der Waals surface area contributed by atoms with Crippen LogP contribution >= 0.6 is 0 Å². The molecule has 1 fully saturated rings. The van der Waals surface area contributed by atoms with Gasteiger partial charge in [-0.3, -0.25) is 9.59 Å². The monoisotopic (exact) mass is 421 g/mol. The van der Waals surface area contributed by atoms with E-state index in [4.69, 9.17) is 5.11 Å². The van der Waals surface area contributed by atoms with Crippen molar-refractivity contribution in [1.29, 1.82) is 0 Å². The number of sulfonamides is 1. The highest BCUT2D eigenvalue weighted by molar-refractivity contribution is 7.89. The average Bonchev–Trinajstić information content (AvgIpc) is 3.40. The lowest BCUT2D eigenvalue weighted by atomic mass is 10.0. The van der Waals surface area contributed by atoms with Crippen molar-refractivity contribution >= 4 is 37.8 Å². The van der Waals surface area contributed by atoms with Crippen molar-refractivity contribution in [1.82, 2.24) is 14.3 Å². The summed E-state index contributed by atoms with van der Waals surface area (Å²) in [6.07, 6.45) is 3.80. The summed E-state index contributed by atoms with van der Waals surface area (Å²) in [4.78, 5) is 28.2. The third-order valence-corrected chi connectivity index (χ3v) is 7.26. The topological polar surface area (TPSA) is 123 Å². The Morgan fingerprint density at radius 2 is 2.07 bits per heavy atom. The second kappa shape index (κ2) is 6.96. The van der Waals surface area contributed by atoms with E-state index in [2.05, 4.69) is 9.97 Å². The van der Waals surface area contributed by atoms with Gasteiger partial charge in [-0.2, -0.15) is 4.31 Å². The minimum absolute atomic E-state index is 0.0335. The highest BCUT2D eigenvalue weighted by Crippen LogP contribution is 2.34. The molecule has 0 unspecified atom stereocenters. The normalized spacial score (nSPS) is 14.9. The van der Waals surface area contributed by atoms with Crippen LogP contribution in [0.15, 0.2) is 28.0 Å². The maximum absolute atomic E-state index is 14.7. The molecule has 10 heteroatoms. The summed E-state index contributed by atoms with van der Waals surface area (Å²) in [5, 5.41) is 9.74. The van der Waals surface area contributed by atoms with Gasteiger partial charge in [0, 0.05) is 36.5 Å². The highest BCUT2D eigenvalue weighted by Gasteiger charge is 2.36. The summed E-state index contributed by atoms with van der Waals surface area (Å²) in [6.45, 7) is 0. The summed E-state index contributed by atoms with van der Waals surface area (Å²) in [6, 6.07) is 2.16. The highest BCUT2D eigenvalue weighted by atomic mass is 32.2. The van der Waals surface area contributed by atoms with E-state index in [0.717, 1.165) is 18.9 Å². The second-order valence-corrected chi connectivity index (χ2v) is 9.31. The molecule has 0 atom stereocenters. The first-order valence-electron chi connectivity index (χ1n) is 9.25. The van der Waals surface area contributed by atoms with Gasteiger partial charge in [0.05, 0.1) is 5.52 Å². The average molecular weight is 421 g/mol. The van der Waals surface area contributed by atoms with Crippen molar-refractivity contribution in [2.24, 2.45) is 0 Å². The number of nitrogens with zero attached hydrogens (tertiary/aromatic N) is 1. The number of aromatic amines is 2. The van der Waals surface area contributed by atoms with E-state index in [1.54, 1.807) is 6.20 Å². The zero-order valence-corrected chi connectivity index (χ0v) is 16.5. The Morgan fingerprint density at radius 3 is 2.72 bits per heavy atom. The number of rotatable bonds is 7. The van der Waals surface area contributed by atoms with E-state index in [0.29, 0.717) is 29.2 Å². The SMILES string of the molecule is CN(C1CC1)S(=O)(=O)c1cc2c(cc1F)[nH]c(=O)c1[nH]cc(CCCC(=O)O)c12. The first kappa shape index (κ1) is 19.6. The standard InChI is InChI=1S/C19H20FN3O5S/c1-23(11-5-6-11)29(27,28)15-7-12-14(8-13(15)20)22-19(26)18-17(12)10(9-21-18)3-2-4-16(24)25/h7-9,11,21H,2-6H2,1H3,(H,22,26)(H,24,25). The van der Waals surface area contributed by atoms with Gasteiger partial charge in [0.1, 0.15) is 16.2 Å². The van der Waals surface area contributed by atoms with Crippen LogP contribution in [0.5, 0.6) is 0 Å². The molecular formula is C19H20FN3O5S. The van der Waals surface area contributed by atoms with Crippen LogP contribution < -0.4 is 5.56 Å². The maximum Gasteiger partial charge on any atom is 0.303 e. The Balaban J connectivity index is 1.90. The molecule has 2 heterocycles. The number of halogens is 1. The molecule has 1 saturated carbocycles. The van der Waals surface area contributed by atoms with Gasteiger partial charge in [0.15, 0.2) is 0 Å². The molecule has 1 aliphatic rings. The molecule has 154 valence electrons. The predicted molar refractivity (Wildman–Crippen MR) is 105 cm³/mol. The van der Waals surface area contributed by atoms with E-state index in [1.165, 1.54) is 17.4 Å². The number of fused-ring (bicyclic) bond motifs is 3. The Hall–Kier alpha value is -2.72. The van der Waals surface area contributed by atoms with Gasteiger partial charge in [0.25, 0.3) is 5.56 Å². The van der Waals surface area contributed by atoms with Gasteiger partial charge < -0.3 is 15.1 Å². The molecule has 1 aromatic carbocycles. The molecule has 3 aromatic rings. The fourth-order valence-electron chi connectivity index (χ4n) is 3.61.